The van der Waals surface area contributed by atoms with Crippen LogP contribution in [0, 0.1) is 12.7 Å². The van der Waals surface area contributed by atoms with E-state index in [0.29, 0.717) is 49.2 Å². The fraction of sp³-hybridized carbons (Fsp3) is 0.370. The van der Waals surface area contributed by atoms with Crippen LogP contribution in [0.15, 0.2) is 48.5 Å². The molecule has 7 nitrogen and oxygen atoms in total. The normalized spacial score (nSPS) is 15.5. The molecule has 0 bridgehead atoms. The molecule has 2 aromatic carbocycles. The van der Waals surface area contributed by atoms with Crippen LogP contribution in [0.25, 0.3) is 0 Å². The van der Waals surface area contributed by atoms with Gasteiger partial charge in [-0.25, -0.2) is 14.2 Å². The maximum Gasteiger partial charge on any atom is 0.317 e. The number of fused-ring (bicyclic) bond motifs is 1. The zero-order valence-corrected chi connectivity index (χ0v) is 20.0. The number of nitrogens with one attached hydrogen (secondary N) is 1. The molecule has 5 rings (SSSR count). The van der Waals surface area contributed by atoms with Gasteiger partial charge in [-0.3, -0.25) is 0 Å². The highest BCUT2D eigenvalue weighted by molar-refractivity contribution is 5.74. The Hall–Kier alpha value is -3.68. The van der Waals surface area contributed by atoms with Crippen molar-refractivity contribution in [3.05, 3.63) is 76.7 Å². The number of hydrogen-bond donors (Lipinski definition) is 1. The summed E-state index contributed by atoms with van der Waals surface area (Å²) in [6.45, 7) is 4.93. The summed E-state index contributed by atoms with van der Waals surface area (Å²) in [4.78, 5) is 26.6. The van der Waals surface area contributed by atoms with E-state index in [1.165, 1.54) is 12.5 Å². The number of ether oxygens (including phenoxy) is 1. The second-order valence-corrected chi connectivity index (χ2v) is 9.13. The molecular formula is C27H30FN5O2. The molecule has 1 N–H and O–H groups in total. The molecule has 0 spiro atoms. The van der Waals surface area contributed by atoms with Gasteiger partial charge >= 0.3 is 6.03 Å². The quantitative estimate of drug-likeness (QED) is 0.564. The SMILES string of the molecule is Cc1cc(Oc2nc(N3CCCCC3)nc3c2CN(C(=O)NCc2ccccc2)CC3)ccc1F. The summed E-state index contributed by atoms with van der Waals surface area (Å²) < 4.78 is 20.0. The van der Waals surface area contributed by atoms with Crippen LogP contribution < -0.4 is 15.0 Å². The highest BCUT2D eigenvalue weighted by atomic mass is 19.1. The minimum absolute atomic E-state index is 0.136. The molecule has 1 aromatic heterocycles. The fourth-order valence-electron chi connectivity index (χ4n) is 4.54. The van der Waals surface area contributed by atoms with Crippen molar-refractivity contribution in [1.29, 1.82) is 0 Å². The molecule has 3 heterocycles. The minimum Gasteiger partial charge on any atom is -0.438 e. The molecule has 0 aliphatic carbocycles. The number of aryl methyl sites for hydroxylation is 1. The Morgan fingerprint density at radius 2 is 1.86 bits per heavy atom. The van der Waals surface area contributed by atoms with Gasteiger partial charge in [0.15, 0.2) is 0 Å². The molecule has 3 aromatic rings. The van der Waals surface area contributed by atoms with Gasteiger partial charge in [-0.1, -0.05) is 30.3 Å². The Kier molecular flexibility index (Phi) is 6.79. The second kappa shape index (κ2) is 10.3. The first-order chi connectivity index (χ1) is 17.1. The molecule has 1 fully saturated rings. The predicted octanol–water partition coefficient (Wildman–Crippen LogP) is 4.97. The summed E-state index contributed by atoms with van der Waals surface area (Å²) in [7, 11) is 0. The van der Waals surface area contributed by atoms with Crippen molar-refractivity contribution < 1.29 is 13.9 Å². The van der Waals surface area contributed by atoms with Crippen molar-refractivity contribution in [2.75, 3.05) is 24.5 Å². The highest BCUT2D eigenvalue weighted by Crippen LogP contribution is 2.32. The molecule has 2 aliphatic rings. The fourth-order valence-corrected chi connectivity index (χ4v) is 4.54. The zero-order valence-electron chi connectivity index (χ0n) is 20.0. The van der Waals surface area contributed by atoms with Crippen molar-refractivity contribution in [3.63, 3.8) is 0 Å². The van der Waals surface area contributed by atoms with Crippen LogP contribution in [0.2, 0.25) is 0 Å². The third-order valence-corrected chi connectivity index (χ3v) is 6.57. The number of halogens is 1. The van der Waals surface area contributed by atoms with Crippen molar-refractivity contribution in [2.24, 2.45) is 0 Å². The summed E-state index contributed by atoms with van der Waals surface area (Å²) in [6.07, 6.45) is 4.06. The van der Waals surface area contributed by atoms with E-state index in [4.69, 9.17) is 14.7 Å². The van der Waals surface area contributed by atoms with E-state index in [0.717, 1.165) is 42.8 Å². The Morgan fingerprint density at radius 3 is 2.63 bits per heavy atom. The summed E-state index contributed by atoms with van der Waals surface area (Å²) >= 11 is 0. The molecule has 0 saturated carbocycles. The second-order valence-electron chi connectivity index (χ2n) is 9.13. The average molecular weight is 476 g/mol. The molecule has 0 unspecified atom stereocenters. The number of anilines is 1. The van der Waals surface area contributed by atoms with Crippen LogP contribution in [-0.4, -0.2) is 40.5 Å². The number of benzene rings is 2. The third kappa shape index (κ3) is 5.37. The number of hydrogen-bond acceptors (Lipinski definition) is 5. The Bertz CT molecular complexity index is 1200. The van der Waals surface area contributed by atoms with Gasteiger partial charge in [0, 0.05) is 32.6 Å². The molecule has 0 radical (unpaired) electrons. The number of urea groups is 1. The van der Waals surface area contributed by atoms with Gasteiger partial charge in [0.1, 0.15) is 11.6 Å². The summed E-state index contributed by atoms with van der Waals surface area (Å²) in [6, 6.07) is 14.4. The third-order valence-electron chi connectivity index (χ3n) is 6.57. The van der Waals surface area contributed by atoms with Crippen molar-refractivity contribution in [2.45, 2.75) is 45.7 Å². The maximum atomic E-state index is 13.8. The van der Waals surface area contributed by atoms with Crippen LogP contribution in [0.3, 0.4) is 0 Å². The molecule has 35 heavy (non-hydrogen) atoms. The molecule has 1 saturated heterocycles. The highest BCUT2D eigenvalue weighted by Gasteiger charge is 2.28. The molecular weight excluding hydrogens is 445 g/mol. The van der Waals surface area contributed by atoms with E-state index in [2.05, 4.69) is 10.2 Å². The number of rotatable bonds is 5. The maximum absolute atomic E-state index is 13.8. The lowest BCUT2D eigenvalue weighted by Gasteiger charge is -2.32. The van der Waals surface area contributed by atoms with Crippen LogP contribution in [0.5, 0.6) is 11.6 Å². The number of amides is 2. The van der Waals surface area contributed by atoms with Crippen molar-refractivity contribution in [1.82, 2.24) is 20.2 Å². The molecule has 0 atom stereocenters. The van der Waals surface area contributed by atoms with Crippen molar-refractivity contribution >= 4 is 12.0 Å². The lowest BCUT2D eigenvalue weighted by molar-refractivity contribution is 0.190. The smallest absolute Gasteiger partial charge is 0.317 e. The van der Waals surface area contributed by atoms with E-state index < -0.39 is 0 Å². The Balaban J connectivity index is 1.40. The predicted molar refractivity (Wildman–Crippen MR) is 132 cm³/mol. The molecule has 2 aliphatic heterocycles. The van der Waals surface area contributed by atoms with Crippen LogP contribution in [-0.2, 0) is 19.5 Å². The van der Waals surface area contributed by atoms with E-state index in [9.17, 15) is 9.18 Å². The largest absolute Gasteiger partial charge is 0.438 e. The van der Waals surface area contributed by atoms with Crippen LogP contribution >= 0.6 is 0 Å². The zero-order chi connectivity index (χ0) is 24.2. The van der Waals surface area contributed by atoms with E-state index >= 15 is 0 Å². The number of aromatic nitrogens is 2. The number of carbonyl (C=O) groups excluding carboxylic acids is 1. The van der Waals surface area contributed by atoms with E-state index in [1.54, 1.807) is 24.0 Å². The molecule has 182 valence electrons. The number of piperidine rings is 1. The lowest BCUT2D eigenvalue weighted by Crippen LogP contribution is -2.43. The summed E-state index contributed by atoms with van der Waals surface area (Å²) in [5.74, 6) is 1.33. The topological polar surface area (TPSA) is 70.6 Å². The first kappa shape index (κ1) is 23.1. The monoisotopic (exact) mass is 475 g/mol. The van der Waals surface area contributed by atoms with Crippen molar-refractivity contribution in [3.8, 4) is 11.6 Å². The first-order valence-corrected chi connectivity index (χ1v) is 12.2. The minimum atomic E-state index is -0.280. The number of nitrogens with zero attached hydrogens (tertiary/aromatic N) is 4. The van der Waals surface area contributed by atoms with Gasteiger partial charge in [0.25, 0.3) is 0 Å². The van der Waals surface area contributed by atoms with Gasteiger partial charge in [0.05, 0.1) is 17.8 Å². The standard InChI is InChI=1S/C27H30FN5O2/c1-19-16-21(10-11-23(19)28)35-25-22-18-33(27(34)29-17-20-8-4-2-5-9-20)15-12-24(22)30-26(31-25)32-13-6-3-7-14-32/h2,4-5,8-11,16H,3,6-7,12-15,17-18H2,1H3,(H,29,34). The van der Waals surface area contributed by atoms with Gasteiger partial charge in [0.2, 0.25) is 11.8 Å². The number of carbonyl (C=O) groups is 1. The van der Waals surface area contributed by atoms with Crippen LogP contribution in [0.4, 0.5) is 15.1 Å². The Morgan fingerprint density at radius 1 is 1.06 bits per heavy atom. The molecule has 2 amide bonds. The van der Waals surface area contributed by atoms with Gasteiger partial charge in [-0.2, -0.15) is 4.98 Å². The lowest BCUT2D eigenvalue weighted by atomic mass is 10.1. The first-order valence-electron chi connectivity index (χ1n) is 12.2. The van der Waals surface area contributed by atoms with Gasteiger partial charge in [-0.05, 0) is 55.5 Å². The van der Waals surface area contributed by atoms with Crippen LogP contribution in [0.1, 0.15) is 41.6 Å². The van der Waals surface area contributed by atoms with E-state index in [-0.39, 0.29) is 11.8 Å². The molecule has 8 heteroatoms. The average Bonchev–Trinajstić information content (AvgIpc) is 2.90. The van der Waals surface area contributed by atoms with Gasteiger partial charge in [-0.15, -0.1) is 0 Å². The summed E-state index contributed by atoms with van der Waals surface area (Å²) in [5.41, 5.74) is 3.25. The van der Waals surface area contributed by atoms with Gasteiger partial charge < -0.3 is 19.9 Å². The Labute approximate surface area is 204 Å². The van der Waals surface area contributed by atoms with E-state index in [1.807, 2.05) is 30.3 Å². The summed E-state index contributed by atoms with van der Waals surface area (Å²) in [5, 5.41) is 3.00.